The number of nitrogens with zero attached hydrogens (tertiary/aromatic N) is 3. The van der Waals surface area contributed by atoms with Crippen LogP contribution >= 0.6 is 0 Å². The number of methoxy groups -OCH3 is 1. The third kappa shape index (κ3) is 2.52. The van der Waals surface area contributed by atoms with Gasteiger partial charge in [-0.25, -0.2) is 9.97 Å². The molecule has 20 heavy (non-hydrogen) atoms. The van der Waals surface area contributed by atoms with Gasteiger partial charge in [-0.3, -0.25) is 0 Å². The highest BCUT2D eigenvalue weighted by atomic mass is 16.5. The first kappa shape index (κ1) is 14.1. The molecular formula is C15H20N4O. The van der Waals surface area contributed by atoms with Crippen molar-refractivity contribution in [3.05, 3.63) is 36.8 Å². The maximum absolute atomic E-state index is 6.22. The number of hydrogen-bond acceptors (Lipinski definition) is 4. The molecule has 0 amide bonds. The van der Waals surface area contributed by atoms with E-state index in [1.165, 1.54) is 0 Å². The predicted octanol–water partition coefficient (Wildman–Crippen LogP) is 2.85. The van der Waals surface area contributed by atoms with Crippen molar-refractivity contribution in [1.29, 1.82) is 0 Å². The standard InChI is InChI=1S/C15H20N4O/c1-5-8-19-14(16)13(18-15(19)10(2)3)11-6-7-12(20-4)17-9-11/h5-7,9-10H,1,8,16H2,2-4H3. The van der Waals surface area contributed by atoms with Crippen molar-refractivity contribution in [2.24, 2.45) is 0 Å². The number of hydrogen-bond donors (Lipinski definition) is 1. The van der Waals surface area contributed by atoms with E-state index in [2.05, 4.69) is 30.4 Å². The molecule has 0 atom stereocenters. The summed E-state index contributed by atoms with van der Waals surface area (Å²) >= 11 is 0. The highest BCUT2D eigenvalue weighted by Gasteiger charge is 2.17. The van der Waals surface area contributed by atoms with Crippen LogP contribution in [0.1, 0.15) is 25.6 Å². The molecule has 2 aromatic heterocycles. The topological polar surface area (TPSA) is 66.0 Å². The molecule has 2 rings (SSSR count). The van der Waals surface area contributed by atoms with E-state index in [-0.39, 0.29) is 5.92 Å². The maximum Gasteiger partial charge on any atom is 0.212 e. The van der Waals surface area contributed by atoms with Gasteiger partial charge in [-0.15, -0.1) is 6.58 Å². The molecule has 5 heteroatoms. The summed E-state index contributed by atoms with van der Waals surface area (Å²) < 4.78 is 7.04. The minimum absolute atomic E-state index is 0.289. The monoisotopic (exact) mass is 272 g/mol. The quantitative estimate of drug-likeness (QED) is 0.850. The first-order chi connectivity index (χ1) is 9.58. The lowest BCUT2D eigenvalue weighted by Gasteiger charge is -2.09. The zero-order valence-electron chi connectivity index (χ0n) is 12.1. The lowest BCUT2D eigenvalue weighted by Crippen LogP contribution is -2.07. The molecule has 0 aliphatic carbocycles. The molecule has 106 valence electrons. The van der Waals surface area contributed by atoms with E-state index in [0.717, 1.165) is 17.1 Å². The molecule has 0 aromatic carbocycles. The van der Waals surface area contributed by atoms with E-state index in [0.29, 0.717) is 18.2 Å². The number of aromatic nitrogens is 3. The molecule has 0 fully saturated rings. The van der Waals surface area contributed by atoms with Crippen LogP contribution in [0.5, 0.6) is 5.88 Å². The Kier molecular flexibility index (Phi) is 4.08. The van der Waals surface area contributed by atoms with Crippen LogP contribution in [0.25, 0.3) is 11.3 Å². The largest absolute Gasteiger partial charge is 0.481 e. The molecule has 0 unspecified atom stereocenters. The van der Waals surface area contributed by atoms with Gasteiger partial charge in [-0.1, -0.05) is 19.9 Å². The van der Waals surface area contributed by atoms with Crippen LogP contribution in [-0.2, 0) is 6.54 Å². The molecule has 0 spiro atoms. The van der Waals surface area contributed by atoms with E-state index in [1.54, 1.807) is 19.4 Å². The van der Waals surface area contributed by atoms with Gasteiger partial charge in [0.1, 0.15) is 17.3 Å². The van der Waals surface area contributed by atoms with Crippen LogP contribution in [0.4, 0.5) is 5.82 Å². The van der Waals surface area contributed by atoms with Crippen LogP contribution in [-0.4, -0.2) is 21.6 Å². The molecule has 0 aliphatic rings. The summed E-state index contributed by atoms with van der Waals surface area (Å²) in [6.45, 7) is 8.61. The van der Waals surface area contributed by atoms with E-state index in [9.17, 15) is 0 Å². The first-order valence-corrected chi connectivity index (χ1v) is 6.55. The predicted molar refractivity (Wildman–Crippen MR) is 80.7 cm³/mol. The molecule has 2 aromatic rings. The molecule has 2 N–H and O–H groups in total. The molecule has 0 saturated heterocycles. The Morgan fingerprint density at radius 2 is 2.20 bits per heavy atom. The number of nitrogens with two attached hydrogens (primary N) is 1. The van der Waals surface area contributed by atoms with Crippen LogP contribution in [0, 0.1) is 0 Å². The van der Waals surface area contributed by atoms with Gasteiger partial charge in [-0.2, -0.15) is 0 Å². The van der Waals surface area contributed by atoms with Gasteiger partial charge in [0.15, 0.2) is 0 Å². The molecule has 2 heterocycles. The number of ether oxygens (including phenoxy) is 1. The lowest BCUT2D eigenvalue weighted by molar-refractivity contribution is 0.398. The van der Waals surface area contributed by atoms with Crippen LogP contribution in [0.15, 0.2) is 31.0 Å². The minimum Gasteiger partial charge on any atom is -0.481 e. The third-order valence-corrected chi connectivity index (χ3v) is 3.08. The van der Waals surface area contributed by atoms with Gasteiger partial charge in [0, 0.05) is 30.3 Å². The van der Waals surface area contributed by atoms with E-state index in [1.807, 2.05) is 16.7 Å². The van der Waals surface area contributed by atoms with Gasteiger partial charge in [0.05, 0.1) is 7.11 Å². The van der Waals surface area contributed by atoms with Crippen LogP contribution < -0.4 is 10.5 Å². The van der Waals surface area contributed by atoms with E-state index < -0.39 is 0 Å². The summed E-state index contributed by atoms with van der Waals surface area (Å²) in [4.78, 5) is 8.86. The number of allylic oxidation sites excluding steroid dienone is 1. The molecule has 0 bridgehead atoms. The Morgan fingerprint density at radius 1 is 1.45 bits per heavy atom. The Morgan fingerprint density at radius 3 is 2.70 bits per heavy atom. The van der Waals surface area contributed by atoms with Crippen molar-refractivity contribution in [2.75, 3.05) is 12.8 Å². The second-order valence-electron chi connectivity index (χ2n) is 4.85. The zero-order chi connectivity index (χ0) is 14.7. The number of imidazole rings is 1. The average Bonchev–Trinajstić information content (AvgIpc) is 2.77. The average molecular weight is 272 g/mol. The number of rotatable bonds is 5. The van der Waals surface area contributed by atoms with Gasteiger partial charge in [-0.05, 0) is 6.07 Å². The molecule has 0 aliphatic heterocycles. The zero-order valence-corrected chi connectivity index (χ0v) is 12.1. The van der Waals surface area contributed by atoms with Crippen LogP contribution in [0.2, 0.25) is 0 Å². The molecule has 0 saturated carbocycles. The fourth-order valence-corrected chi connectivity index (χ4v) is 2.10. The number of nitrogen functional groups attached to an aromatic ring is 1. The smallest absolute Gasteiger partial charge is 0.212 e. The first-order valence-electron chi connectivity index (χ1n) is 6.55. The molecular weight excluding hydrogens is 252 g/mol. The number of pyridine rings is 1. The Labute approximate surface area is 119 Å². The SMILES string of the molecule is C=CCn1c(C(C)C)nc(-c2ccc(OC)nc2)c1N. The van der Waals surface area contributed by atoms with Crippen molar-refractivity contribution in [3.8, 4) is 17.1 Å². The number of anilines is 1. The van der Waals surface area contributed by atoms with E-state index >= 15 is 0 Å². The summed E-state index contributed by atoms with van der Waals surface area (Å²) in [5.41, 5.74) is 7.86. The second kappa shape index (κ2) is 5.77. The maximum atomic E-state index is 6.22. The summed E-state index contributed by atoms with van der Waals surface area (Å²) in [6.07, 6.45) is 3.54. The van der Waals surface area contributed by atoms with Crippen molar-refractivity contribution < 1.29 is 4.74 Å². The fraction of sp³-hybridized carbons (Fsp3) is 0.333. The fourth-order valence-electron chi connectivity index (χ4n) is 2.10. The van der Waals surface area contributed by atoms with Crippen molar-refractivity contribution in [3.63, 3.8) is 0 Å². The van der Waals surface area contributed by atoms with Crippen molar-refractivity contribution in [2.45, 2.75) is 26.3 Å². The van der Waals surface area contributed by atoms with E-state index in [4.69, 9.17) is 10.5 Å². The lowest BCUT2D eigenvalue weighted by atomic mass is 10.2. The Bertz CT molecular complexity index is 599. The van der Waals surface area contributed by atoms with Gasteiger partial charge < -0.3 is 15.0 Å². The molecule has 0 radical (unpaired) electrons. The van der Waals surface area contributed by atoms with Crippen molar-refractivity contribution >= 4 is 5.82 Å². The third-order valence-electron chi connectivity index (χ3n) is 3.08. The second-order valence-corrected chi connectivity index (χ2v) is 4.85. The Balaban J connectivity index is 2.50. The summed E-state index contributed by atoms with van der Waals surface area (Å²) in [7, 11) is 1.59. The summed E-state index contributed by atoms with van der Waals surface area (Å²) in [5.74, 6) is 2.45. The summed E-state index contributed by atoms with van der Waals surface area (Å²) in [6, 6.07) is 3.71. The molecule has 5 nitrogen and oxygen atoms in total. The summed E-state index contributed by atoms with van der Waals surface area (Å²) in [5, 5.41) is 0. The van der Waals surface area contributed by atoms with Crippen molar-refractivity contribution in [1.82, 2.24) is 14.5 Å². The van der Waals surface area contributed by atoms with Crippen LogP contribution in [0.3, 0.4) is 0 Å². The normalized spacial score (nSPS) is 10.8. The highest BCUT2D eigenvalue weighted by molar-refractivity contribution is 5.70. The Hall–Kier alpha value is -2.30. The van der Waals surface area contributed by atoms with Gasteiger partial charge in [0.25, 0.3) is 0 Å². The highest BCUT2D eigenvalue weighted by Crippen LogP contribution is 2.29. The van der Waals surface area contributed by atoms with Gasteiger partial charge >= 0.3 is 0 Å². The minimum atomic E-state index is 0.289. The van der Waals surface area contributed by atoms with Gasteiger partial charge in [0.2, 0.25) is 5.88 Å².